The minimum absolute atomic E-state index is 0.112. The Morgan fingerprint density at radius 2 is 2.07 bits per heavy atom. The number of hydrogen-bond acceptors (Lipinski definition) is 4. The maximum atomic E-state index is 13.1. The van der Waals surface area contributed by atoms with Crippen molar-refractivity contribution in [3.8, 4) is 0 Å². The first-order valence-corrected chi connectivity index (χ1v) is 9.38. The number of nitrogens with zero attached hydrogens (tertiary/aromatic N) is 4. The Hall–Kier alpha value is -2.64. The molecular formula is C20H19F3N4O. The Bertz CT molecular complexity index is 1030. The molecule has 8 heteroatoms. The van der Waals surface area contributed by atoms with Crippen LogP contribution in [0.2, 0.25) is 0 Å². The predicted octanol–water partition coefficient (Wildman–Crippen LogP) is 4.17. The Morgan fingerprint density at radius 3 is 2.82 bits per heavy atom. The van der Waals surface area contributed by atoms with Crippen LogP contribution in [0.5, 0.6) is 0 Å². The topological polar surface area (TPSA) is 56.7 Å². The number of hydrogen-bond donors (Lipinski definition) is 0. The molecule has 0 aliphatic heterocycles. The van der Waals surface area contributed by atoms with Crippen molar-refractivity contribution in [1.29, 1.82) is 0 Å². The zero-order valence-corrected chi connectivity index (χ0v) is 15.3. The van der Waals surface area contributed by atoms with E-state index in [1.165, 1.54) is 23.4 Å². The van der Waals surface area contributed by atoms with Crippen molar-refractivity contribution in [2.45, 2.75) is 49.6 Å². The molecule has 0 saturated heterocycles. The zero-order valence-electron chi connectivity index (χ0n) is 15.3. The quantitative estimate of drug-likeness (QED) is 0.676. The van der Waals surface area contributed by atoms with Gasteiger partial charge >= 0.3 is 6.18 Å². The van der Waals surface area contributed by atoms with E-state index in [2.05, 4.69) is 15.2 Å². The number of aryl methyl sites for hydroxylation is 2. The van der Waals surface area contributed by atoms with Gasteiger partial charge in [0.2, 0.25) is 5.89 Å². The van der Waals surface area contributed by atoms with Crippen LogP contribution in [0.4, 0.5) is 13.2 Å². The Kier molecular flexibility index (Phi) is 3.70. The molecule has 28 heavy (non-hydrogen) atoms. The van der Waals surface area contributed by atoms with Crippen molar-refractivity contribution in [3.63, 3.8) is 0 Å². The molecule has 0 N–H and O–H groups in total. The van der Waals surface area contributed by atoms with Gasteiger partial charge in [0.15, 0.2) is 5.82 Å². The molecule has 0 spiro atoms. The van der Waals surface area contributed by atoms with Crippen LogP contribution < -0.4 is 0 Å². The van der Waals surface area contributed by atoms with Crippen LogP contribution in [-0.4, -0.2) is 19.9 Å². The summed E-state index contributed by atoms with van der Waals surface area (Å²) in [6, 6.07) is 5.48. The van der Waals surface area contributed by atoms with Gasteiger partial charge in [-0.3, -0.25) is 4.68 Å². The van der Waals surface area contributed by atoms with Gasteiger partial charge in [-0.05, 0) is 42.9 Å². The number of aromatic nitrogens is 4. The normalized spacial score (nSPS) is 20.8. The average Bonchev–Trinajstić information content (AvgIpc) is 3.19. The second-order valence-electron chi connectivity index (χ2n) is 7.80. The van der Waals surface area contributed by atoms with Gasteiger partial charge < -0.3 is 4.52 Å². The molecule has 1 saturated carbocycles. The number of fused-ring (bicyclic) bond motifs is 1. The molecule has 1 unspecified atom stereocenters. The summed E-state index contributed by atoms with van der Waals surface area (Å²) in [6.07, 6.45) is 1.58. The van der Waals surface area contributed by atoms with Gasteiger partial charge in [0.25, 0.3) is 0 Å². The molecule has 1 fully saturated rings. The number of alkyl halides is 3. The van der Waals surface area contributed by atoms with Crippen molar-refractivity contribution in [3.05, 3.63) is 64.6 Å². The van der Waals surface area contributed by atoms with E-state index in [1.54, 1.807) is 6.07 Å². The van der Waals surface area contributed by atoms with Crippen molar-refractivity contribution >= 4 is 0 Å². The molecule has 2 aromatic heterocycles. The largest absolute Gasteiger partial charge is 0.416 e. The van der Waals surface area contributed by atoms with Crippen LogP contribution in [0.15, 0.2) is 35.0 Å². The zero-order chi connectivity index (χ0) is 19.5. The lowest BCUT2D eigenvalue weighted by Gasteiger charge is -2.19. The highest BCUT2D eigenvalue weighted by molar-refractivity contribution is 5.41. The van der Waals surface area contributed by atoms with Gasteiger partial charge in [-0.2, -0.15) is 23.3 Å². The Balaban J connectivity index is 1.43. The van der Waals surface area contributed by atoms with E-state index in [9.17, 15) is 13.2 Å². The lowest BCUT2D eigenvalue weighted by Crippen LogP contribution is -2.16. The lowest BCUT2D eigenvalue weighted by atomic mass is 9.88. The summed E-state index contributed by atoms with van der Waals surface area (Å²) in [5.74, 6) is 1.18. The summed E-state index contributed by atoms with van der Waals surface area (Å²) in [6.45, 7) is 0. The van der Waals surface area contributed by atoms with Crippen LogP contribution >= 0.6 is 0 Å². The van der Waals surface area contributed by atoms with Crippen molar-refractivity contribution in [2.24, 2.45) is 7.05 Å². The maximum Gasteiger partial charge on any atom is 0.416 e. The fourth-order valence-electron chi connectivity index (χ4n) is 4.21. The van der Waals surface area contributed by atoms with E-state index in [-0.39, 0.29) is 5.92 Å². The average molecular weight is 388 g/mol. The molecule has 1 atom stereocenters. The molecule has 2 heterocycles. The summed E-state index contributed by atoms with van der Waals surface area (Å²) < 4.78 is 46.7. The molecule has 0 radical (unpaired) electrons. The van der Waals surface area contributed by atoms with Gasteiger partial charge in [-0.1, -0.05) is 23.4 Å². The summed E-state index contributed by atoms with van der Waals surface area (Å²) in [5, 5.41) is 8.48. The van der Waals surface area contributed by atoms with Gasteiger partial charge in [0.1, 0.15) is 0 Å². The van der Waals surface area contributed by atoms with Crippen LogP contribution in [0.25, 0.3) is 0 Å². The molecule has 2 aliphatic rings. The van der Waals surface area contributed by atoms with Gasteiger partial charge in [0.05, 0.1) is 17.2 Å². The van der Waals surface area contributed by atoms with Crippen LogP contribution in [0, 0.1) is 0 Å². The van der Waals surface area contributed by atoms with Crippen molar-refractivity contribution in [1.82, 2.24) is 19.9 Å². The number of benzene rings is 1. The highest BCUT2D eigenvalue weighted by Crippen LogP contribution is 2.53. The van der Waals surface area contributed by atoms with Crippen LogP contribution in [0.3, 0.4) is 0 Å². The first-order chi connectivity index (χ1) is 13.4. The predicted molar refractivity (Wildman–Crippen MR) is 93.7 cm³/mol. The monoisotopic (exact) mass is 388 g/mol. The molecule has 2 aliphatic carbocycles. The van der Waals surface area contributed by atoms with Crippen molar-refractivity contribution < 1.29 is 17.7 Å². The summed E-state index contributed by atoms with van der Waals surface area (Å²) in [5.41, 5.74) is 1.83. The molecule has 5 rings (SSSR count). The summed E-state index contributed by atoms with van der Waals surface area (Å²) >= 11 is 0. The fraction of sp³-hybridized carbons (Fsp3) is 0.450. The lowest BCUT2D eigenvalue weighted by molar-refractivity contribution is -0.137. The molecule has 5 nitrogen and oxygen atoms in total. The minimum atomic E-state index is -4.36. The van der Waals surface area contributed by atoms with E-state index < -0.39 is 17.2 Å². The fourth-order valence-corrected chi connectivity index (χ4v) is 4.21. The van der Waals surface area contributed by atoms with Crippen molar-refractivity contribution in [2.75, 3.05) is 0 Å². The smallest absolute Gasteiger partial charge is 0.339 e. The minimum Gasteiger partial charge on any atom is -0.339 e. The van der Waals surface area contributed by atoms with E-state index in [0.29, 0.717) is 17.3 Å². The molecule has 0 amide bonds. The second-order valence-corrected chi connectivity index (χ2v) is 7.80. The van der Waals surface area contributed by atoms with E-state index in [0.717, 1.165) is 38.2 Å². The van der Waals surface area contributed by atoms with Gasteiger partial charge in [-0.25, -0.2) is 0 Å². The molecule has 3 aromatic rings. The standard InChI is InChI=1S/C20H19F3N4O/c1-27-16-9-12(5-6-13(16)11-24-27)17-25-18(26-28-17)19(7-8-19)14-3-2-4-15(10-14)20(21,22)23/h2-4,10-12H,5-9H2,1H3. The third-order valence-electron chi connectivity index (χ3n) is 6.06. The van der Waals surface area contributed by atoms with Gasteiger partial charge in [0, 0.05) is 25.1 Å². The first-order valence-electron chi connectivity index (χ1n) is 9.38. The van der Waals surface area contributed by atoms with E-state index in [4.69, 9.17) is 4.52 Å². The summed E-state index contributed by atoms with van der Waals surface area (Å²) in [7, 11) is 1.92. The van der Waals surface area contributed by atoms with E-state index >= 15 is 0 Å². The third-order valence-corrected chi connectivity index (χ3v) is 6.06. The molecular weight excluding hydrogens is 369 g/mol. The van der Waals surface area contributed by atoms with Crippen LogP contribution in [0.1, 0.15) is 59.3 Å². The SMILES string of the molecule is Cn1ncc2c1CC(c1nc(C3(c4cccc(C(F)(F)F)c4)CC3)no1)CC2. The van der Waals surface area contributed by atoms with Crippen LogP contribution in [-0.2, 0) is 31.5 Å². The number of halogens is 3. The third kappa shape index (κ3) is 2.73. The van der Waals surface area contributed by atoms with Gasteiger partial charge in [-0.15, -0.1) is 0 Å². The molecule has 1 aromatic carbocycles. The highest BCUT2D eigenvalue weighted by Gasteiger charge is 2.51. The summed E-state index contributed by atoms with van der Waals surface area (Å²) in [4.78, 5) is 4.63. The second kappa shape index (κ2) is 5.93. The van der Waals surface area contributed by atoms with E-state index in [1.807, 2.05) is 17.9 Å². The molecule has 146 valence electrons. The maximum absolute atomic E-state index is 13.1. The first kappa shape index (κ1) is 17.5. The number of rotatable bonds is 3. The Morgan fingerprint density at radius 1 is 1.25 bits per heavy atom. The Labute approximate surface area is 159 Å². The highest BCUT2D eigenvalue weighted by atomic mass is 19.4. The molecule has 0 bridgehead atoms.